The third-order valence-corrected chi connectivity index (χ3v) is 5.83. The van der Waals surface area contributed by atoms with Crippen LogP contribution < -0.4 is 5.32 Å². The van der Waals surface area contributed by atoms with Gasteiger partial charge in [-0.15, -0.1) is 11.3 Å². The summed E-state index contributed by atoms with van der Waals surface area (Å²) in [5, 5.41) is 3.72. The zero-order valence-corrected chi connectivity index (χ0v) is 13.3. The average molecular weight is 329 g/mol. The minimum atomic E-state index is 0.612. The average Bonchev–Trinajstić information content (AvgIpc) is 3.09. The Labute approximate surface area is 122 Å². The van der Waals surface area contributed by atoms with Gasteiger partial charge in [-0.05, 0) is 73.3 Å². The molecule has 18 heavy (non-hydrogen) atoms. The van der Waals surface area contributed by atoms with E-state index in [4.69, 9.17) is 0 Å². The highest BCUT2D eigenvalue weighted by Crippen LogP contribution is 2.39. The molecule has 2 unspecified atom stereocenters. The summed E-state index contributed by atoms with van der Waals surface area (Å²) in [5.74, 6) is 0.773. The van der Waals surface area contributed by atoms with Crippen LogP contribution in [0.1, 0.15) is 36.6 Å². The van der Waals surface area contributed by atoms with Gasteiger partial charge in [0.15, 0.2) is 0 Å². The van der Waals surface area contributed by atoms with Crippen LogP contribution in [0.4, 0.5) is 0 Å². The van der Waals surface area contributed by atoms with Crippen molar-refractivity contribution in [3.63, 3.8) is 0 Å². The third-order valence-electron chi connectivity index (χ3n) is 4.14. The quantitative estimate of drug-likeness (QED) is 0.907. The molecule has 1 N–H and O–H groups in total. The molecule has 1 aliphatic heterocycles. The first-order chi connectivity index (χ1) is 8.74. The van der Waals surface area contributed by atoms with Crippen LogP contribution in [0.3, 0.4) is 0 Å². The van der Waals surface area contributed by atoms with Crippen molar-refractivity contribution >= 4 is 27.3 Å². The molecule has 0 spiro atoms. The highest BCUT2D eigenvalue weighted by molar-refractivity contribution is 9.11. The monoisotopic (exact) mass is 328 g/mol. The van der Waals surface area contributed by atoms with Gasteiger partial charge in [0.05, 0.1) is 3.79 Å². The van der Waals surface area contributed by atoms with Gasteiger partial charge in [-0.3, -0.25) is 4.90 Å². The second kappa shape index (κ2) is 5.61. The number of thiophene rings is 1. The Bertz CT molecular complexity index is 402. The molecule has 2 fully saturated rings. The highest BCUT2D eigenvalue weighted by Gasteiger charge is 2.32. The lowest BCUT2D eigenvalue weighted by atomic mass is 9.88. The first-order valence-corrected chi connectivity index (χ1v) is 8.54. The summed E-state index contributed by atoms with van der Waals surface area (Å²) in [7, 11) is 2.28. The van der Waals surface area contributed by atoms with Gasteiger partial charge in [-0.25, -0.2) is 0 Å². The fourth-order valence-corrected chi connectivity index (χ4v) is 4.70. The molecule has 1 saturated carbocycles. The summed E-state index contributed by atoms with van der Waals surface area (Å²) in [6, 6.07) is 5.92. The minimum absolute atomic E-state index is 0.612. The van der Waals surface area contributed by atoms with Gasteiger partial charge < -0.3 is 5.32 Å². The van der Waals surface area contributed by atoms with Crippen LogP contribution in [0.2, 0.25) is 0 Å². The van der Waals surface area contributed by atoms with Crippen molar-refractivity contribution in [3.05, 3.63) is 20.8 Å². The fraction of sp³-hybridized carbons (Fsp3) is 0.714. The van der Waals surface area contributed by atoms with Crippen molar-refractivity contribution in [2.24, 2.45) is 5.92 Å². The summed E-state index contributed by atoms with van der Waals surface area (Å²) in [5.41, 5.74) is 0. The molecule has 0 bridgehead atoms. The van der Waals surface area contributed by atoms with E-state index in [2.05, 4.69) is 45.3 Å². The molecule has 1 aliphatic carbocycles. The van der Waals surface area contributed by atoms with Gasteiger partial charge in [0, 0.05) is 23.5 Å². The number of hydrogen-bond acceptors (Lipinski definition) is 3. The molecule has 2 atom stereocenters. The molecule has 0 aromatic carbocycles. The van der Waals surface area contributed by atoms with Gasteiger partial charge in [0.2, 0.25) is 0 Å². The first-order valence-electron chi connectivity index (χ1n) is 6.93. The summed E-state index contributed by atoms with van der Waals surface area (Å²) in [4.78, 5) is 4.06. The highest BCUT2D eigenvalue weighted by atomic mass is 79.9. The van der Waals surface area contributed by atoms with Crippen molar-refractivity contribution in [3.8, 4) is 0 Å². The van der Waals surface area contributed by atoms with E-state index in [1.807, 2.05) is 11.3 Å². The number of piperidine rings is 1. The number of halogens is 1. The standard InChI is InChI=1S/C14H21BrN2S/c1-17-8-2-3-10(9-16-11-4-5-11)14(17)12-6-7-13(15)18-12/h6-7,10-11,14,16H,2-5,8-9H2,1H3. The van der Waals surface area contributed by atoms with Crippen LogP contribution in [0, 0.1) is 5.92 Å². The summed E-state index contributed by atoms with van der Waals surface area (Å²) < 4.78 is 1.25. The van der Waals surface area contributed by atoms with E-state index < -0.39 is 0 Å². The Morgan fingerprint density at radius 3 is 2.89 bits per heavy atom. The number of likely N-dealkylation sites (tertiary alicyclic amines) is 1. The molecule has 1 saturated heterocycles. The molecule has 2 aliphatic rings. The summed E-state index contributed by atoms with van der Waals surface area (Å²) >= 11 is 5.49. The van der Waals surface area contributed by atoms with Crippen LogP contribution in [0.25, 0.3) is 0 Å². The van der Waals surface area contributed by atoms with Crippen LogP contribution in [-0.4, -0.2) is 31.1 Å². The van der Waals surface area contributed by atoms with Crippen LogP contribution in [-0.2, 0) is 0 Å². The molecule has 1 aromatic rings. The van der Waals surface area contributed by atoms with Crippen molar-refractivity contribution in [2.75, 3.05) is 20.1 Å². The van der Waals surface area contributed by atoms with Crippen LogP contribution in [0.15, 0.2) is 15.9 Å². The normalized spacial score (nSPS) is 29.7. The van der Waals surface area contributed by atoms with Gasteiger partial charge in [0.25, 0.3) is 0 Å². The first kappa shape index (κ1) is 13.1. The largest absolute Gasteiger partial charge is 0.314 e. The molecular weight excluding hydrogens is 308 g/mol. The van der Waals surface area contributed by atoms with E-state index >= 15 is 0 Å². The minimum Gasteiger partial charge on any atom is -0.314 e. The van der Waals surface area contributed by atoms with Gasteiger partial charge >= 0.3 is 0 Å². The lowest BCUT2D eigenvalue weighted by Gasteiger charge is -2.39. The number of hydrogen-bond donors (Lipinski definition) is 1. The van der Waals surface area contributed by atoms with Gasteiger partial charge in [-0.1, -0.05) is 0 Å². The maximum Gasteiger partial charge on any atom is 0.0701 e. The lowest BCUT2D eigenvalue weighted by molar-refractivity contribution is 0.122. The molecule has 1 aromatic heterocycles. The molecule has 100 valence electrons. The predicted octanol–water partition coefficient (Wildman–Crippen LogP) is 3.65. The summed E-state index contributed by atoms with van der Waals surface area (Å²) in [6.45, 7) is 2.43. The molecule has 2 nitrogen and oxygen atoms in total. The van der Waals surface area contributed by atoms with E-state index in [1.165, 1.54) is 47.4 Å². The van der Waals surface area contributed by atoms with E-state index in [0.717, 1.165) is 12.0 Å². The Morgan fingerprint density at radius 1 is 1.39 bits per heavy atom. The maximum absolute atomic E-state index is 3.72. The topological polar surface area (TPSA) is 15.3 Å². The van der Waals surface area contributed by atoms with Crippen molar-refractivity contribution in [1.82, 2.24) is 10.2 Å². The molecule has 3 rings (SSSR count). The predicted molar refractivity (Wildman–Crippen MR) is 81.1 cm³/mol. The maximum atomic E-state index is 3.72. The van der Waals surface area contributed by atoms with Crippen LogP contribution in [0.5, 0.6) is 0 Å². The Morgan fingerprint density at radius 2 is 2.22 bits per heavy atom. The van der Waals surface area contributed by atoms with Crippen molar-refractivity contribution in [2.45, 2.75) is 37.8 Å². The van der Waals surface area contributed by atoms with E-state index in [1.54, 1.807) is 0 Å². The SMILES string of the molecule is CN1CCCC(CNC2CC2)C1c1ccc(Br)s1. The molecule has 0 radical (unpaired) electrons. The van der Waals surface area contributed by atoms with Crippen LogP contribution >= 0.6 is 27.3 Å². The van der Waals surface area contributed by atoms with E-state index in [9.17, 15) is 0 Å². The lowest BCUT2D eigenvalue weighted by Crippen LogP contribution is -2.40. The van der Waals surface area contributed by atoms with Gasteiger partial charge in [0.1, 0.15) is 0 Å². The zero-order valence-electron chi connectivity index (χ0n) is 10.9. The third kappa shape index (κ3) is 2.98. The van der Waals surface area contributed by atoms with Crippen molar-refractivity contribution in [1.29, 1.82) is 0 Å². The zero-order chi connectivity index (χ0) is 12.5. The fourth-order valence-electron chi connectivity index (χ4n) is 3.02. The molecular formula is C14H21BrN2S. The molecule has 4 heteroatoms. The second-order valence-electron chi connectivity index (χ2n) is 5.65. The van der Waals surface area contributed by atoms with E-state index in [0.29, 0.717) is 6.04 Å². The Balaban J connectivity index is 1.71. The van der Waals surface area contributed by atoms with E-state index in [-0.39, 0.29) is 0 Å². The molecule has 2 heterocycles. The smallest absolute Gasteiger partial charge is 0.0701 e. The number of nitrogens with zero attached hydrogens (tertiary/aromatic N) is 1. The Kier molecular flexibility index (Phi) is 4.09. The second-order valence-corrected chi connectivity index (χ2v) is 8.15. The summed E-state index contributed by atoms with van der Waals surface area (Å²) in [6.07, 6.45) is 5.48. The van der Waals surface area contributed by atoms with Crippen molar-refractivity contribution < 1.29 is 0 Å². The number of nitrogens with one attached hydrogen (secondary N) is 1. The van der Waals surface area contributed by atoms with Gasteiger partial charge in [-0.2, -0.15) is 0 Å². The number of rotatable bonds is 4. The Hall–Kier alpha value is 0.1000. The molecule has 0 amide bonds.